The third kappa shape index (κ3) is 4.06. The summed E-state index contributed by atoms with van der Waals surface area (Å²) in [5.41, 5.74) is 0.860. The number of hydrogen-bond donors (Lipinski definition) is 0. The highest BCUT2D eigenvalue weighted by Gasteiger charge is 2.22. The molecule has 0 spiro atoms. The number of nitrogens with zero attached hydrogens (tertiary/aromatic N) is 1. The third-order valence-corrected chi connectivity index (χ3v) is 3.47. The molecule has 5 nitrogen and oxygen atoms in total. The van der Waals surface area contributed by atoms with Gasteiger partial charge in [-0.2, -0.15) is 0 Å². The lowest BCUT2D eigenvalue weighted by Gasteiger charge is -2.28. The zero-order valence-corrected chi connectivity index (χ0v) is 11.3. The van der Waals surface area contributed by atoms with Crippen LogP contribution in [0.3, 0.4) is 0 Å². The van der Waals surface area contributed by atoms with Crippen molar-refractivity contribution in [3.63, 3.8) is 0 Å². The van der Waals surface area contributed by atoms with E-state index in [9.17, 15) is 14.7 Å². The van der Waals surface area contributed by atoms with Crippen LogP contribution in [0.4, 0.5) is 0 Å². The Labute approximate surface area is 118 Å². The first kappa shape index (κ1) is 14.5. The van der Waals surface area contributed by atoms with Gasteiger partial charge in [0, 0.05) is 25.5 Å². The van der Waals surface area contributed by atoms with E-state index in [-0.39, 0.29) is 24.7 Å². The highest BCUT2D eigenvalue weighted by atomic mass is 16.5. The molecule has 0 saturated carbocycles. The van der Waals surface area contributed by atoms with E-state index in [0.29, 0.717) is 26.3 Å². The standard InChI is InChI=1S/C15H19NO4/c17-14(16-6-8-20-9-7-16)10-13(11-15(18)19)12-4-2-1-3-5-12/h1-5,13H,6-11H2,(H,18,19)/p-1/t13-/m1/s1. The van der Waals surface area contributed by atoms with Crippen molar-refractivity contribution in [2.24, 2.45) is 0 Å². The van der Waals surface area contributed by atoms with Gasteiger partial charge in [0.15, 0.2) is 0 Å². The van der Waals surface area contributed by atoms with Crippen molar-refractivity contribution in [1.29, 1.82) is 0 Å². The van der Waals surface area contributed by atoms with Gasteiger partial charge in [-0.15, -0.1) is 0 Å². The van der Waals surface area contributed by atoms with E-state index in [0.717, 1.165) is 5.56 Å². The summed E-state index contributed by atoms with van der Waals surface area (Å²) in [6.45, 7) is 2.24. The number of hydrogen-bond acceptors (Lipinski definition) is 4. The zero-order chi connectivity index (χ0) is 14.4. The van der Waals surface area contributed by atoms with Crippen LogP contribution in [-0.2, 0) is 14.3 Å². The number of morpholine rings is 1. The molecule has 0 N–H and O–H groups in total. The summed E-state index contributed by atoms with van der Waals surface area (Å²) in [6.07, 6.45) is 0.0537. The van der Waals surface area contributed by atoms with Crippen molar-refractivity contribution in [3.8, 4) is 0 Å². The number of aliphatic carboxylic acids is 1. The van der Waals surface area contributed by atoms with E-state index < -0.39 is 5.97 Å². The topological polar surface area (TPSA) is 69.7 Å². The summed E-state index contributed by atoms with van der Waals surface area (Å²) in [5.74, 6) is -1.49. The van der Waals surface area contributed by atoms with Crippen LogP contribution >= 0.6 is 0 Å². The van der Waals surface area contributed by atoms with Gasteiger partial charge in [-0.3, -0.25) is 4.79 Å². The normalized spacial score (nSPS) is 16.7. The van der Waals surface area contributed by atoms with E-state index in [1.165, 1.54) is 0 Å². The number of carbonyl (C=O) groups is 2. The van der Waals surface area contributed by atoms with Crippen molar-refractivity contribution < 1.29 is 19.4 Å². The number of rotatable bonds is 5. The average molecular weight is 276 g/mol. The maximum Gasteiger partial charge on any atom is 0.223 e. The van der Waals surface area contributed by atoms with Gasteiger partial charge in [-0.05, 0) is 17.9 Å². The number of benzene rings is 1. The Bertz CT molecular complexity index is 454. The maximum atomic E-state index is 12.2. The van der Waals surface area contributed by atoms with Crippen LogP contribution in [0.15, 0.2) is 30.3 Å². The van der Waals surface area contributed by atoms with E-state index >= 15 is 0 Å². The molecule has 20 heavy (non-hydrogen) atoms. The molecule has 1 fully saturated rings. The molecule has 0 unspecified atom stereocenters. The first-order valence-electron chi connectivity index (χ1n) is 6.77. The van der Waals surface area contributed by atoms with Crippen LogP contribution in [0.25, 0.3) is 0 Å². The minimum atomic E-state index is -1.13. The molecule has 1 amide bonds. The van der Waals surface area contributed by atoms with Crippen LogP contribution in [0.5, 0.6) is 0 Å². The fraction of sp³-hybridized carbons (Fsp3) is 0.467. The first-order chi connectivity index (χ1) is 9.66. The Balaban J connectivity index is 2.03. The second kappa shape index (κ2) is 7.05. The largest absolute Gasteiger partial charge is 0.550 e. The highest BCUT2D eigenvalue weighted by molar-refractivity contribution is 5.78. The Kier molecular flexibility index (Phi) is 5.12. The van der Waals surface area contributed by atoms with Crippen LogP contribution in [0.2, 0.25) is 0 Å². The number of carboxylic acid groups (broad SMARTS) is 1. The fourth-order valence-corrected chi connectivity index (χ4v) is 2.39. The molecular formula is C15H18NO4-. The van der Waals surface area contributed by atoms with Gasteiger partial charge < -0.3 is 19.5 Å². The fourth-order valence-electron chi connectivity index (χ4n) is 2.39. The quantitative estimate of drug-likeness (QED) is 0.768. The van der Waals surface area contributed by atoms with Crippen molar-refractivity contribution in [2.75, 3.05) is 26.3 Å². The molecule has 0 radical (unpaired) electrons. The monoisotopic (exact) mass is 276 g/mol. The summed E-state index contributed by atoms with van der Waals surface area (Å²) in [5, 5.41) is 10.9. The minimum Gasteiger partial charge on any atom is -0.550 e. The predicted molar refractivity (Wildman–Crippen MR) is 70.8 cm³/mol. The molecule has 1 atom stereocenters. The molecule has 108 valence electrons. The second-order valence-electron chi connectivity index (χ2n) is 4.88. The summed E-state index contributed by atoms with van der Waals surface area (Å²) >= 11 is 0. The maximum absolute atomic E-state index is 12.2. The molecule has 0 bridgehead atoms. The highest BCUT2D eigenvalue weighted by Crippen LogP contribution is 2.24. The molecule has 1 saturated heterocycles. The summed E-state index contributed by atoms with van der Waals surface area (Å²) < 4.78 is 5.21. The molecule has 1 heterocycles. The van der Waals surface area contributed by atoms with Crippen LogP contribution < -0.4 is 5.11 Å². The van der Waals surface area contributed by atoms with Gasteiger partial charge in [0.25, 0.3) is 0 Å². The molecule has 0 aliphatic carbocycles. The van der Waals surface area contributed by atoms with E-state index in [4.69, 9.17) is 4.74 Å². The number of carbonyl (C=O) groups excluding carboxylic acids is 2. The van der Waals surface area contributed by atoms with Crippen molar-refractivity contribution in [1.82, 2.24) is 4.90 Å². The second-order valence-corrected chi connectivity index (χ2v) is 4.88. The van der Waals surface area contributed by atoms with Gasteiger partial charge in [0.1, 0.15) is 0 Å². The zero-order valence-electron chi connectivity index (χ0n) is 11.3. The van der Waals surface area contributed by atoms with Crippen molar-refractivity contribution >= 4 is 11.9 Å². The van der Waals surface area contributed by atoms with Crippen LogP contribution in [0, 0.1) is 0 Å². The lowest BCUT2D eigenvalue weighted by molar-refractivity contribution is -0.306. The van der Waals surface area contributed by atoms with Gasteiger partial charge in [-0.1, -0.05) is 30.3 Å². The van der Waals surface area contributed by atoms with Crippen molar-refractivity contribution in [3.05, 3.63) is 35.9 Å². The summed E-state index contributed by atoms with van der Waals surface area (Å²) in [7, 11) is 0. The van der Waals surface area contributed by atoms with Crippen molar-refractivity contribution in [2.45, 2.75) is 18.8 Å². The van der Waals surface area contributed by atoms with E-state index in [1.54, 1.807) is 4.90 Å². The lowest BCUT2D eigenvalue weighted by atomic mass is 9.92. The first-order valence-corrected chi connectivity index (χ1v) is 6.77. The predicted octanol–water partition coefficient (Wildman–Crippen LogP) is 0.159. The number of ether oxygens (including phenoxy) is 1. The molecule has 1 aliphatic heterocycles. The van der Waals surface area contributed by atoms with Gasteiger partial charge in [0.2, 0.25) is 5.91 Å². The van der Waals surface area contributed by atoms with E-state index in [2.05, 4.69) is 0 Å². The Morgan fingerprint density at radius 1 is 1.15 bits per heavy atom. The Morgan fingerprint density at radius 2 is 1.80 bits per heavy atom. The Hall–Kier alpha value is -1.88. The van der Waals surface area contributed by atoms with Gasteiger partial charge >= 0.3 is 0 Å². The summed E-state index contributed by atoms with van der Waals surface area (Å²) in [4.78, 5) is 24.8. The van der Waals surface area contributed by atoms with Crippen LogP contribution in [0.1, 0.15) is 24.3 Å². The molecular weight excluding hydrogens is 258 g/mol. The third-order valence-electron chi connectivity index (χ3n) is 3.47. The van der Waals surface area contributed by atoms with Crippen LogP contribution in [-0.4, -0.2) is 43.1 Å². The summed E-state index contributed by atoms with van der Waals surface area (Å²) in [6, 6.07) is 9.25. The molecule has 0 aromatic heterocycles. The molecule has 1 aromatic rings. The smallest absolute Gasteiger partial charge is 0.223 e. The minimum absolute atomic E-state index is 0.0246. The lowest BCUT2D eigenvalue weighted by Crippen LogP contribution is -2.41. The average Bonchev–Trinajstić information content (AvgIpc) is 2.48. The molecule has 1 aliphatic rings. The van der Waals surface area contributed by atoms with Gasteiger partial charge in [0.05, 0.1) is 13.2 Å². The molecule has 5 heteroatoms. The number of amides is 1. The Morgan fingerprint density at radius 3 is 2.40 bits per heavy atom. The molecule has 1 aromatic carbocycles. The number of carboxylic acids is 1. The van der Waals surface area contributed by atoms with Gasteiger partial charge in [-0.25, -0.2) is 0 Å². The molecule has 2 rings (SSSR count). The van der Waals surface area contributed by atoms with E-state index in [1.807, 2.05) is 30.3 Å². The SMILES string of the molecule is O=C([O-])C[C@@H](CC(=O)N1CCOCC1)c1ccccc1.